The second-order valence-electron chi connectivity index (χ2n) is 4.31. The van der Waals surface area contributed by atoms with Crippen LogP contribution in [0, 0.1) is 10.1 Å². The van der Waals surface area contributed by atoms with Crippen LogP contribution in [0.25, 0.3) is 0 Å². The first-order valence-corrected chi connectivity index (χ1v) is 5.88. The summed E-state index contributed by atoms with van der Waals surface area (Å²) in [4.78, 5) is 38.9. The highest BCUT2D eigenvalue weighted by Crippen LogP contribution is 2.21. The quantitative estimate of drug-likeness (QED) is 0.646. The smallest absolute Gasteiger partial charge is 0.353 e. The molecule has 1 aromatic rings. The van der Waals surface area contributed by atoms with Gasteiger partial charge in [0.1, 0.15) is 0 Å². The van der Waals surface area contributed by atoms with Crippen molar-refractivity contribution in [1.82, 2.24) is 0 Å². The van der Waals surface area contributed by atoms with Gasteiger partial charge in [-0.3, -0.25) is 14.9 Å². The van der Waals surface area contributed by atoms with E-state index in [1.54, 1.807) is 0 Å². The summed E-state index contributed by atoms with van der Waals surface area (Å²) in [5.74, 6) is -1.72. The van der Waals surface area contributed by atoms with Crippen molar-refractivity contribution >= 4 is 29.0 Å². The van der Waals surface area contributed by atoms with Crippen molar-refractivity contribution in [3.8, 4) is 0 Å². The van der Waals surface area contributed by atoms with Crippen LogP contribution in [0.5, 0.6) is 0 Å². The Morgan fingerprint density at radius 3 is 2.52 bits per heavy atom. The summed E-state index contributed by atoms with van der Waals surface area (Å²) in [5.41, 5.74) is 0.122. The first-order chi connectivity index (χ1) is 9.90. The second kappa shape index (κ2) is 5.57. The van der Waals surface area contributed by atoms with Crippen molar-refractivity contribution < 1.29 is 24.5 Å². The Balaban J connectivity index is 2.06. The van der Waals surface area contributed by atoms with Crippen molar-refractivity contribution in [2.24, 2.45) is 5.16 Å². The lowest BCUT2D eigenvalue weighted by Gasteiger charge is -2.19. The van der Waals surface area contributed by atoms with Crippen LogP contribution in [-0.4, -0.2) is 40.8 Å². The Kier molecular flexibility index (Phi) is 3.83. The average Bonchev–Trinajstić information content (AvgIpc) is 2.96. The summed E-state index contributed by atoms with van der Waals surface area (Å²) in [6, 6.07) is 5.38. The van der Waals surface area contributed by atoms with Crippen LogP contribution in [0.3, 0.4) is 0 Å². The van der Waals surface area contributed by atoms with Gasteiger partial charge >= 0.3 is 5.97 Å². The van der Waals surface area contributed by atoms with Crippen molar-refractivity contribution in [2.75, 3.05) is 11.9 Å². The Morgan fingerprint density at radius 2 is 2.05 bits per heavy atom. The van der Waals surface area contributed by atoms with Crippen LogP contribution in [0.1, 0.15) is 6.42 Å². The molecule has 0 radical (unpaired) electrons. The lowest BCUT2D eigenvalue weighted by atomic mass is 10.1. The predicted octanol–water partition coefficient (Wildman–Crippen LogP) is 0.787. The summed E-state index contributed by atoms with van der Waals surface area (Å²) in [6.07, 6.45) is -1.12. The summed E-state index contributed by atoms with van der Waals surface area (Å²) in [5, 5.41) is 22.6. The van der Waals surface area contributed by atoms with Gasteiger partial charge in [0, 0.05) is 31.3 Å². The number of amides is 1. The van der Waals surface area contributed by atoms with Crippen molar-refractivity contribution in [1.29, 1.82) is 0 Å². The number of rotatable bonds is 4. The number of anilines is 1. The zero-order chi connectivity index (χ0) is 15.6. The number of hydrogen-bond donors (Lipinski definition) is 1. The number of carboxylic acids is 1. The fraction of sp³-hybridized carbons (Fsp3) is 0.250. The Labute approximate surface area is 118 Å². The van der Waals surface area contributed by atoms with Crippen LogP contribution in [0.15, 0.2) is 29.4 Å². The third kappa shape index (κ3) is 2.96. The number of hydrogen-bond acceptors (Lipinski definition) is 6. The number of oxime groups is 1. The molecule has 1 unspecified atom stereocenters. The maximum Gasteiger partial charge on any atom is 0.353 e. The number of carbonyl (C=O) groups excluding carboxylic acids is 1. The molecule has 1 aromatic carbocycles. The van der Waals surface area contributed by atoms with Crippen molar-refractivity contribution in [2.45, 2.75) is 12.5 Å². The minimum atomic E-state index is -1.23. The maximum atomic E-state index is 12.1. The van der Waals surface area contributed by atoms with Gasteiger partial charge in [-0.25, -0.2) is 4.79 Å². The lowest BCUT2D eigenvalue weighted by Crippen LogP contribution is -2.37. The third-order valence-electron chi connectivity index (χ3n) is 2.97. The molecule has 1 amide bonds. The molecule has 0 fully saturated rings. The van der Waals surface area contributed by atoms with E-state index in [0.717, 1.165) is 0 Å². The predicted molar refractivity (Wildman–Crippen MR) is 71.1 cm³/mol. The Hall–Kier alpha value is -2.97. The van der Waals surface area contributed by atoms with Gasteiger partial charge < -0.3 is 14.8 Å². The number of non-ortho nitro benzene ring substituents is 1. The summed E-state index contributed by atoms with van der Waals surface area (Å²) in [7, 11) is 1.46. The molecule has 0 saturated carbocycles. The second-order valence-corrected chi connectivity index (χ2v) is 4.31. The van der Waals surface area contributed by atoms with Gasteiger partial charge in [0.25, 0.3) is 11.6 Å². The van der Waals surface area contributed by atoms with Gasteiger partial charge in [0.2, 0.25) is 6.10 Å². The van der Waals surface area contributed by atoms with Gasteiger partial charge in [-0.05, 0) is 12.1 Å². The summed E-state index contributed by atoms with van der Waals surface area (Å²) >= 11 is 0. The topological polar surface area (TPSA) is 122 Å². The number of carbonyl (C=O) groups is 2. The Morgan fingerprint density at radius 1 is 1.43 bits per heavy atom. The number of nitrogens with zero attached hydrogens (tertiary/aromatic N) is 3. The summed E-state index contributed by atoms with van der Waals surface area (Å²) in [6.45, 7) is 0. The minimum Gasteiger partial charge on any atom is -0.477 e. The van der Waals surface area contributed by atoms with E-state index in [2.05, 4.69) is 5.16 Å². The number of benzene rings is 1. The molecular weight excluding hydrogens is 282 g/mol. The molecular formula is C12H11N3O6. The van der Waals surface area contributed by atoms with Crippen LogP contribution >= 0.6 is 0 Å². The van der Waals surface area contributed by atoms with Gasteiger partial charge in [-0.15, -0.1) is 0 Å². The molecule has 1 aliphatic heterocycles. The molecule has 0 aliphatic carbocycles. The number of nitro groups is 1. The Bertz CT molecular complexity index is 624. The largest absolute Gasteiger partial charge is 0.477 e. The number of likely N-dealkylation sites (N-methyl/N-ethyl adjacent to an activating group) is 1. The fourth-order valence-corrected chi connectivity index (χ4v) is 1.78. The lowest BCUT2D eigenvalue weighted by molar-refractivity contribution is -0.384. The van der Waals surface area contributed by atoms with E-state index in [-0.39, 0.29) is 17.8 Å². The number of nitro benzene ring substituents is 1. The molecule has 9 heteroatoms. The van der Waals surface area contributed by atoms with Crippen molar-refractivity contribution in [3.63, 3.8) is 0 Å². The molecule has 0 aromatic heterocycles. The maximum absolute atomic E-state index is 12.1. The van der Waals surface area contributed by atoms with Crippen molar-refractivity contribution in [3.05, 3.63) is 34.4 Å². The molecule has 1 atom stereocenters. The molecule has 0 bridgehead atoms. The average molecular weight is 293 g/mol. The molecule has 0 spiro atoms. The zero-order valence-electron chi connectivity index (χ0n) is 10.9. The monoisotopic (exact) mass is 293 g/mol. The summed E-state index contributed by atoms with van der Waals surface area (Å²) < 4.78 is 0. The van der Waals surface area contributed by atoms with Crippen LogP contribution < -0.4 is 4.90 Å². The molecule has 1 N–H and O–H groups in total. The normalized spacial score (nSPS) is 16.8. The van der Waals surface area contributed by atoms with Gasteiger partial charge in [0.15, 0.2) is 5.71 Å². The highest BCUT2D eigenvalue weighted by atomic mass is 16.6. The first-order valence-electron chi connectivity index (χ1n) is 5.88. The molecule has 0 saturated heterocycles. The van der Waals surface area contributed by atoms with Crippen LogP contribution in [-0.2, 0) is 14.4 Å². The molecule has 9 nitrogen and oxygen atoms in total. The SMILES string of the molecule is CN(C(=O)C1CC(C(=O)O)=NO1)c1ccc([N+](=O)[O-])cc1. The van der Waals surface area contributed by atoms with E-state index in [4.69, 9.17) is 9.94 Å². The van der Waals surface area contributed by atoms with E-state index in [1.807, 2.05) is 0 Å². The fourth-order valence-electron chi connectivity index (χ4n) is 1.78. The van der Waals surface area contributed by atoms with Crippen LogP contribution in [0.4, 0.5) is 11.4 Å². The van der Waals surface area contributed by atoms with E-state index >= 15 is 0 Å². The van der Waals surface area contributed by atoms with E-state index < -0.39 is 22.9 Å². The van der Waals surface area contributed by atoms with Gasteiger partial charge in [-0.1, -0.05) is 5.16 Å². The standard InChI is InChI=1S/C12H11N3O6/c1-14(7-2-4-8(5-3-7)15(19)20)11(16)10-6-9(12(17)18)13-21-10/h2-5,10H,6H2,1H3,(H,17,18). The van der Waals surface area contributed by atoms with E-state index in [0.29, 0.717) is 5.69 Å². The highest BCUT2D eigenvalue weighted by Gasteiger charge is 2.33. The zero-order valence-corrected chi connectivity index (χ0v) is 10.9. The molecule has 1 aliphatic rings. The third-order valence-corrected chi connectivity index (χ3v) is 2.97. The number of aliphatic carboxylic acids is 1. The molecule has 1 heterocycles. The molecule has 2 rings (SSSR count). The van der Waals surface area contributed by atoms with Gasteiger partial charge in [-0.2, -0.15) is 0 Å². The van der Waals surface area contributed by atoms with E-state index in [9.17, 15) is 19.7 Å². The first kappa shape index (κ1) is 14.4. The number of carboxylic acid groups (broad SMARTS) is 1. The van der Waals surface area contributed by atoms with Gasteiger partial charge in [0.05, 0.1) is 4.92 Å². The van der Waals surface area contributed by atoms with E-state index in [1.165, 1.54) is 36.2 Å². The molecule has 21 heavy (non-hydrogen) atoms. The highest BCUT2D eigenvalue weighted by molar-refractivity contribution is 6.36. The van der Waals surface area contributed by atoms with Crippen LogP contribution in [0.2, 0.25) is 0 Å². The molecule has 110 valence electrons. The minimum absolute atomic E-state index is 0.0896.